The molecule has 0 saturated heterocycles. The summed E-state index contributed by atoms with van der Waals surface area (Å²) in [5, 5.41) is 0.189. The van der Waals surface area contributed by atoms with Gasteiger partial charge < -0.3 is 8.85 Å². The van der Waals surface area contributed by atoms with Crippen molar-refractivity contribution in [1.82, 2.24) is 0 Å². The zero-order chi connectivity index (χ0) is 13.2. The fourth-order valence-corrected chi connectivity index (χ4v) is 4.63. The number of hydrogen-bond acceptors (Lipinski definition) is 2. The van der Waals surface area contributed by atoms with Crippen molar-refractivity contribution >= 4 is 30.5 Å². The summed E-state index contributed by atoms with van der Waals surface area (Å²) in [6.45, 7) is 19.8. The van der Waals surface area contributed by atoms with Crippen LogP contribution in [0.15, 0.2) is 0 Å². The zero-order valence-corrected chi connectivity index (χ0v) is 15.2. The Morgan fingerprint density at radius 1 is 0.812 bits per heavy atom. The van der Waals surface area contributed by atoms with Crippen LogP contribution in [0.3, 0.4) is 0 Å². The minimum Gasteiger partial charge on any atom is -0.365 e. The Bertz CT molecular complexity index is 239. The highest BCUT2D eigenvalue weighted by molar-refractivity contribution is 7.41. The van der Waals surface area contributed by atoms with Crippen LogP contribution in [-0.4, -0.2) is 27.5 Å². The van der Waals surface area contributed by atoms with Crippen LogP contribution in [-0.2, 0) is 8.85 Å². The normalized spacial score (nSPS) is 14.3. The third-order valence-corrected chi connectivity index (χ3v) is 4.19. The van der Waals surface area contributed by atoms with Crippen molar-refractivity contribution in [2.24, 2.45) is 0 Å². The van der Waals surface area contributed by atoms with E-state index in [1.54, 1.807) is 0 Å². The van der Waals surface area contributed by atoms with Crippen molar-refractivity contribution < 1.29 is 8.85 Å². The first-order valence-electron chi connectivity index (χ1n) is 5.76. The van der Waals surface area contributed by atoms with Gasteiger partial charge in [-0.25, -0.2) is 0 Å². The van der Waals surface area contributed by atoms with E-state index in [2.05, 4.69) is 60.1 Å². The molecule has 0 aliphatic heterocycles. The first kappa shape index (κ1) is 16.5. The molecule has 16 heavy (non-hydrogen) atoms. The van der Waals surface area contributed by atoms with Gasteiger partial charge in [0.25, 0.3) is 0 Å². The second kappa shape index (κ2) is 5.44. The molecule has 0 saturated carbocycles. The lowest BCUT2D eigenvalue weighted by Crippen LogP contribution is -2.36. The van der Waals surface area contributed by atoms with Gasteiger partial charge in [-0.2, -0.15) is 0 Å². The lowest BCUT2D eigenvalue weighted by Gasteiger charge is -2.26. The second-order valence-corrected chi connectivity index (χ2v) is 17.8. The molecule has 0 atom stereocenters. The monoisotopic (exact) mass is 278 g/mol. The average molecular weight is 278 g/mol. The summed E-state index contributed by atoms with van der Waals surface area (Å²) < 4.78 is 12.1. The average Bonchev–Trinajstić information content (AvgIpc) is 1.70. The number of hydrogen-bond donors (Lipinski definition) is 0. The van der Waals surface area contributed by atoms with Gasteiger partial charge in [-0.05, 0) is 47.5 Å². The van der Waals surface area contributed by atoms with E-state index in [9.17, 15) is 0 Å². The summed E-state index contributed by atoms with van der Waals surface area (Å²) in [6, 6.07) is 0. The predicted molar refractivity (Wildman–Crippen MR) is 80.5 cm³/mol. The Morgan fingerprint density at radius 3 is 1.31 bits per heavy atom. The first-order chi connectivity index (χ1) is 6.79. The van der Waals surface area contributed by atoms with Crippen molar-refractivity contribution in [3.8, 4) is 0 Å². The largest absolute Gasteiger partial charge is 0.365 e. The summed E-state index contributed by atoms with van der Waals surface area (Å²) in [6.07, 6.45) is 0. The van der Waals surface area contributed by atoms with E-state index in [-0.39, 0.29) is 5.16 Å². The maximum Gasteiger partial charge on any atom is 0.194 e. The van der Waals surface area contributed by atoms with Gasteiger partial charge in [0.1, 0.15) is 0 Å². The van der Waals surface area contributed by atoms with Gasteiger partial charge in [-0.1, -0.05) is 20.8 Å². The van der Waals surface area contributed by atoms with Gasteiger partial charge in [-0.3, -0.25) is 0 Å². The Kier molecular flexibility index (Phi) is 5.62. The molecule has 0 aromatic rings. The molecule has 0 aliphatic rings. The molecular formula is C11H27O2PSi2. The third-order valence-electron chi connectivity index (χ3n) is 1.21. The van der Waals surface area contributed by atoms with E-state index in [1.165, 1.54) is 0 Å². The molecule has 96 valence electrons. The molecule has 0 fully saturated rings. The molecule has 0 spiro atoms. The fourth-order valence-electron chi connectivity index (χ4n) is 0.864. The number of rotatable bonds is 4. The summed E-state index contributed by atoms with van der Waals surface area (Å²) >= 11 is 0. The summed E-state index contributed by atoms with van der Waals surface area (Å²) in [4.78, 5) is 0. The maximum absolute atomic E-state index is 6.05. The van der Waals surface area contributed by atoms with E-state index in [4.69, 9.17) is 8.85 Å². The highest BCUT2D eigenvalue weighted by Gasteiger charge is 2.25. The Morgan fingerprint density at radius 2 is 1.12 bits per heavy atom. The Labute approximate surface area is 105 Å². The van der Waals surface area contributed by atoms with Crippen LogP contribution in [0.4, 0.5) is 0 Å². The molecule has 0 bridgehead atoms. The van der Waals surface area contributed by atoms with Gasteiger partial charge in [0, 0.05) is 5.16 Å². The van der Waals surface area contributed by atoms with Crippen molar-refractivity contribution in [3.05, 3.63) is 0 Å². The van der Waals surface area contributed by atoms with Crippen LogP contribution >= 0.6 is 8.20 Å². The Hall–Kier alpha value is 0.524. The van der Waals surface area contributed by atoms with E-state index in [0.29, 0.717) is 0 Å². The lowest BCUT2D eigenvalue weighted by atomic mass is 10.3. The molecule has 0 N–H and O–H groups in total. The van der Waals surface area contributed by atoms with Crippen LogP contribution in [0.2, 0.25) is 39.3 Å². The van der Waals surface area contributed by atoms with Crippen LogP contribution in [0.25, 0.3) is 0 Å². The van der Waals surface area contributed by atoms with Crippen LogP contribution < -0.4 is 0 Å². The predicted octanol–water partition coefficient (Wildman–Crippen LogP) is 4.52. The van der Waals surface area contributed by atoms with E-state index < -0.39 is 16.6 Å². The van der Waals surface area contributed by atoms with E-state index in [0.717, 1.165) is 13.9 Å². The summed E-state index contributed by atoms with van der Waals surface area (Å²) in [5.41, 5.74) is 0.839. The van der Waals surface area contributed by atoms with Gasteiger partial charge >= 0.3 is 0 Å². The summed E-state index contributed by atoms with van der Waals surface area (Å²) in [7, 11) is -1.97. The maximum atomic E-state index is 6.05. The fraction of sp³-hybridized carbons (Fsp3) is 0.909. The third kappa shape index (κ3) is 11.0. The first-order valence-corrected chi connectivity index (χ1v) is 13.5. The molecular weight excluding hydrogens is 251 g/mol. The Balaban J connectivity index is 4.87. The molecule has 0 aromatic heterocycles. The standard InChI is InChI=1S/C11H27O2PSi2/c1-11(2,3)14-10(12-15(4,5)6)13-16(7,8)9/h1-9H3. The molecule has 0 rings (SSSR count). The highest BCUT2D eigenvalue weighted by atomic mass is 31.1. The minimum absolute atomic E-state index is 0.189. The van der Waals surface area contributed by atoms with Crippen molar-refractivity contribution in [1.29, 1.82) is 0 Å². The van der Waals surface area contributed by atoms with E-state index in [1.807, 2.05) is 0 Å². The minimum atomic E-state index is -1.57. The topological polar surface area (TPSA) is 18.5 Å². The second-order valence-electron chi connectivity index (χ2n) is 6.98. The molecule has 5 heteroatoms. The molecule has 0 radical (unpaired) electrons. The summed E-state index contributed by atoms with van der Waals surface area (Å²) in [5.74, 6) is 0. The SMILES string of the molecule is CC(C)(C)P=C(O[Si](C)(C)C)O[Si](C)(C)C. The van der Waals surface area contributed by atoms with Crippen LogP contribution in [0.1, 0.15) is 20.8 Å². The molecule has 0 unspecified atom stereocenters. The van der Waals surface area contributed by atoms with E-state index >= 15 is 0 Å². The highest BCUT2D eigenvalue weighted by Crippen LogP contribution is 2.26. The van der Waals surface area contributed by atoms with Gasteiger partial charge in [0.05, 0.1) is 0 Å². The molecule has 0 heterocycles. The molecule has 2 nitrogen and oxygen atoms in total. The van der Waals surface area contributed by atoms with Crippen molar-refractivity contribution in [2.75, 3.05) is 0 Å². The smallest absolute Gasteiger partial charge is 0.194 e. The zero-order valence-electron chi connectivity index (χ0n) is 12.3. The molecule has 0 amide bonds. The quantitative estimate of drug-likeness (QED) is 0.556. The lowest BCUT2D eigenvalue weighted by molar-refractivity contribution is 0.397. The molecule has 0 aromatic carbocycles. The molecule has 0 aliphatic carbocycles. The van der Waals surface area contributed by atoms with Gasteiger partial charge in [0.15, 0.2) is 22.3 Å². The van der Waals surface area contributed by atoms with Gasteiger partial charge in [-0.15, -0.1) is 0 Å². The van der Waals surface area contributed by atoms with Crippen molar-refractivity contribution in [2.45, 2.75) is 65.2 Å². The van der Waals surface area contributed by atoms with Gasteiger partial charge in [0.2, 0.25) is 0 Å². The van der Waals surface area contributed by atoms with Crippen LogP contribution in [0, 0.1) is 0 Å². The van der Waals surface area contributed by atoms with Crippen molar-refractivity contribution in [3.63, 3.8) is 0 Å². The van der Waals surface area contributed by atoms with Crippen LogP contribution in [0.5, 0.6) is 0 Å².